The molecule has 148 valence electrons. The summed E-state index contributed by atoms with van der Waals surface area (Å²) in [6, 6.07) is 27.1. The Morgan fingerprint density at radius 3 is 2.03 bits per heavy atom. The molecule has 1 heterocycles. The molecule has 0 bridgehead atoms. The summed E-state index contributed by atoms with van der Waals surface area (Å²) in [6.45, 7) is 0. The van der Waals surface area contributed by atoms with Gasteiger partial charge in [-0.1, -0.05) is 72.9 Å². The van der Waals surface area contributed by atoms with Crippen LogP contribution < -0.4 is 4.74 Å². The van der Waals surface area contributed by atoms with Crippen LogP contribution in [0.25, 0.3) is 22.5 Å². The van der Waals surface area contributed by atoms with Gasteiger partial charge in [0, 0.05) is 11.1 Å². The van der Waals surface area contributed by atoms with Crippen molar-refractivity contribution in [1.29, 1.82) is 0 Å². The molecule has 0 saturated heterocycles. The van der Waals surface area contributed by atoms with E-state index in [0.29, 0.717) is 21.4 Å². The summed E-state index contributed by atoms with van der Waals surface area (Å²) in [5.41, 5.74) is 4.60. The molecule has 3 aromatic carbocycles. The van der Waals surface area contributed by atoms with Gasteiger partial charge in [-0.05, 0) is 24.3 Å². The standard InChI is InChI=1S/C23H18N4OS2/c1-28-19-14-12-18(13-15-19)24-25-21-20(16-8-4-2-5-9-16)26-27(23(29)30)22(21)17-10-6-3-7-11-17/h2-15H,1H3,(H,29,30). The summed E-state index contributed by atoms with van der Waals surface area (Å²) in [6.07, 6.45) is 0. The van der Waals surface area contributed by atoms with Crippen LogP contribution in [-0.2, 0) is 0 Å². The highest BCUT2D eigenvalue weighted by Gasteiger charge is 2.22. The van der Waals surface area contributed by atoms with E-state index in [9.17, 15) is 0 Å². The first kappa shape index (κ1) is 20.0. The minimum Gasteiger partial charge on any atom is -0.497 e. The molecule has 7 heteroatoms. The number of azo groups is 1. The minimum atomic E-state index is 0.330. The number of ether oxygens (including phenoxy) is 1. The van der Waals surface area contributed by atoms with Gasteiger partial charge in [-0.3, -0.25) is 0 Å². The van der Waals surface area contributed by atoms with E-state index in [4.69, 9.17) is 22.1 Å². The fourth-order valence-corrected chi connectivity index (χ4v) is 3.32. The maximum atomic E-state index is 5.36. The van der Waals surface area contributed by atoms with Gasteiger partial charge in [0.15, 0.2) is 4.32 Å². The third-order valence-corrected chi connectivity index (χ3v) is 4.84. The number of hydrogen-bond donors (Lipinski definition) is 1. The maximum Gasteiger partial charge on any atom is 0.158 e. The second kappa shape index (κ2) is 9.02. The van der Waals surface area contributed by atoms with Crippen molar-refractivity contribution >= 4 is 40.5 Å². The molecule has 0 N–H and O–H groups in total. The third-order valence-electron chi connectivity index (χ3n) is 4.47. The number of thiocarbonyl (C=S) groups is 1. The second-order valence-corrected chi connectivity index (χ2v) is 7.48. The van der Waals surface area contributed by atoms with E-state index >= 15 is 0 Å². The van der Waals surface area contributed by atoms with Gasteiger partial charge in [0.1, 0.15) is 22.8 Å². The van der Waals surface area contributed by atoms with E-state index in [1.807, 2.05) is 84.9 Å². The Morgan fingerprint density at radius 2 is 1.47 bits per heavy atom. The van der Waals surface area contributed by atoms with Crippen molar-refractivity contribution in [1.82, 2.24) is 9.78 Å². The molecule has 0 atom stereocenters. The zero-order valence-electron chi connectivity index (χ0n) is 16.1. The largest absolute Gasteiger partial charge is 0.497 e. The average Bonchev–Trinajstić information content (AvgIpc) is 3.19. The molecule has 30 heavy (non-hydrogen) atoms. The molecule has 0 aliphatic rings. The molecule has 0 radical (unpaired) electrons. The highest BCUT2D eigenvalue weighted by Crippen LogP contribution is 2.40. The number of hydrogen-bond acceptors (Lipinski definition) is 5. The molecule has 0 fully saturated rings. The molecule has 5 nitrogen and oxygen atoms in total. The Kier molecular flexibility index (Phi) is 6.02. The van der Waals surface area contributed by atoms with Crippen molar-refractivity contribution in [3.05, 3.63) is 84.9 Å². The molecule has 0 aliphatic carbocycles. The first-order valence-corrected chi connectivity index (χ1v) is 10.1. The van der Waals surface area contributed by atoms with Gasteiger partial charge in [-0.15, -0.1) is 17.7 Å². The van der Waals surface area contributed by atoms with Gasteiger partial charge in [0.2, 0.25) is 0 Å². The van der Waals surface area contributed by atoms with Crippen LogP contribution in [0, 0.1) is 0 Å². The summed E-state index contributed by atoms with van der Waals surface area (Å²) < 4.78 is 7.16. The van der Waals surface area contributed by atoms with Crippen molar-refractivity contribution in [2.75, 3.05) is 7.11 Å². The number of rotatable bonds is 5. The van der Waals surface area contributed by atoms with Crippen LogP contribution in [0.2, 0.25) is 0 Å². The fraction of sp³-hybridized carbons (Fsp3) is 0.0435. The zero-order chi connectivity index (χ0) is 20.9. The lowest BCUT2D eigenvalue weighted by Gasteiger charge is -2.05. The van der Waals surface area contributed by atoms with Crippen LogP contribution in [0.4, 0.5) is 11.4 Å². The van der Waals surface area contributed by atoms with Gasteiger partial charge < -0.3 is 4.74 Å². The Labute approximate surface area is 185 Å². The number of aromatic nitrogens is 2. The van der Waals surface area contributed by atoms with E-state index in [1.54, 1.807) is 11.8 Å². The molecule has 0 amide bonds. The van der Waals surface area contributed by atoms with Gasteiger partial charge in [0.05, 0.1) is 12.8 Å². The predicted molar refractivity (Wildman–Crippen MR) is 127 cm³/mol. The predicted octanol–water partition coefficient (Wildman–Crippen LogP) is 6.70. The summed E-state index contributed by atoms with van der Waals surface area (Å²) >= 11 is 9.74. The maximum absolute atomic E-state index is 5.36. The monoisotopic (exact) mass is 430 g/mol. The van der Waals surface area contributed by atoms with Crippen molar-refractivity contribution < 1.29 is 4.74 Å². The Hall–Kier alpha value is -3.29. The molecule has 0 saturated carbocycles. The Balaban J connectivity index is 1.91. The number of methoxy groups -OCH3 is 1. The van der Waals surface area contributed by atoms with Crippen LogP contribution in [0.1, 0.15) is 0 Å². The quantitative estimate of drug-likeness (QED) is 0.218. The average molecular weight is 431 g/mol. The van der Waals surface area contributed by atoms with Crippen LogP contribution in [0.15, 0.2) is 95.2 Å². The van der Waals surface area contributed by atoms with Crippen LogP contribution in [0.3, 0.4) is 0 Å². The molecule has 0 spiro atoms. The van der Waals surface area contributed by atoms with Crippen LogP contribution in [0.5, 0.6) is 5.75 Å². The highest BCUT2D eigenvalue weighted by atomic mass is 32.1. The minimum absolute atomic E-state index is 0.330. The smallest absolute Gasteiger partial charge is 0.158 e. The van der Waals surface area contributed by atoms with E-state index in [0.717, 1.165) is 22.6 Å². The van der Waals surface area contributed by atoms with Gasteiger partial charge in [0.25, 0.3) is 0 Å². The number of thiol groups is 1. The molecule has 1 aromatic heterocycles. The Bertz CT molecular complexity index is 1190. The van der Waals surface area contributed by atoms with E-state index in [2.05, 4.69) is 22.9 Å². The van der Waals surface area contributed by atoms with E-state index in [1.165, 1.54) is 0 Å². The summed E-state index contributed by atoms with van der Waals surface area (Å²) in [4.78, 5) is 0. The van der Waals surface area contributed by atoms with Gasteiger partial charge >= 0.3 is 0 Å². The fourth-order valence-electron chi connectivity index (χ4n) is 3.05. The summed E-state index contributed by atoms with van der Waals surface area (Å²) in [5, 5.41) is 13.8. The van der Waals surface area contributed by atoms with Crippen molar-refractivity contribution in [2.45, 2.75) is 0 Å². The first-order chi connectivity index (χ1) is 14.7. The van der Waals surface area contributed by atoms with E-state index < -0.39 is 0 Å². The van der Waals surface area contributed by atoms with Crippen LogP contribution >= 0.6 is 24.8 Å². The highest BCUT2D eigenvalue weighted by molar-refractivity contribution is 8.11. The number of benzene rings is 3. The molecule has 0 aliphatic heterocycles. The molecular formula is C23H18N4OS2. The topological polar surface area (TPSA) is 51.8 Å². The summed E-state index contributed by atoms with van der Waals surface area (Å²) in [7, 11) is 1.63. The van der Waals surface area contributed by atoms with Crippen LogP contribution in [-0.4, -0.2) is 21.2 Å². The normalized spacial score (nSPS) is 11.0. The zero-order valence-corrected chi connectivity index (χ0v) is 17.8. The molecule has 0 unspecified atom stereocenters. The Morgan fingerprint density at radius 1 is 0.867 bits per heavy atom. The van der Waals surface area contributed by atoms with Gasteiger partial charge in [-0.25, -0.2) is 4.68 Å². The lowest BCUT2D eigenvalue weighted by atomic mass is 10.1. The lowest BCUT2D eigenvalue weighted by Crippen LogP contribution is -2.05. The molecule has 4 aromatic rings. The summed E-state index contributed by atoms with van der Waals surface area (Å²) in [5.74, 6) is 0.761. The SMILES string of the molecule is COc1ccc(N=Nc2c(-c3ccccc3)nn(C(=S)S)c2-c2ccccc2)cc1. The molecule has 4 rings (SSSR count). The van der Waals surface area contributed by atoms with Crippen molar-refractivity contribution in [3.8, 4) is 28.3 Å². The first-order valence-electron chi connectivity index (χ1n) is 9.20. The third kappa shape index (κ3) is 4.17. The molecular weight excluding hydrogens is 412 g/mol. The van der Waals surface area contributed by atoms with E-state index in [-0.39, 0.29) is 0 Å². The number of nitrogens with zero attached hydrogens (tertiary/aromatic N) is 4. The van der Waals surface area contributed by atoms with Crippen molar-refractivity contribution in [3.63, 3.8) is 0 Å². The second-order valence-electron chi connectivity index (χ2n) is 6.37. The lowest BCUT2D eigenvalue weighted by molar-refractivity contribution is 0.415. The van der Waals surface area contributed by atoms with Crippen molar-refractivity contribution in [2.24, 2.45) is 10.2 Å². The van der Waals surface area contributed by atoms with Gasteiger partial charge in [-0.2, -0.15) is 10.2 Å².